The highest BCUT2D eigenvalue weighted by Crippen LogP contribution is 2.19. The number of benzene rings is 1. The van der Waals surface area contributed by atoms with E-state index in [0.29, 0.717) is 38.1 Å². The maximum absolute atomic E-state index is 12.5. The number of amides is 3. The zero-order valence-corrected chi connectivity index (χ0v) is 17.3. The molecule has 0 radical (unpaired) electrons. The third-order valence-corrected chi connectivity index (χ3v) is 5.01. The predicted molar refractivity (Wildman–Crippen MR) is 107 cm³/mol. The number of carbonyl (C=O) groups is 4. The highest BCUT2D eigenvalue weighted by Gasteiger charge is 2.29. The summed E-state index contributed by atoms with van der Waals surface area (Å²) >= 11 is 0. The molecule has 0 bridgehead atoms. The Hall–Kier alpha value is -2.90. The third-order valence-electron chi connectivity index (χ3n) is 5.01. The van der Waals surface area contributed by atoms with Crippen LogP contribution in [-0.4, -0.2) is 85.3 Å². The summed E-state index contributed by atoms with van der Waals surface area (Å²) in [5.74, 6) is -1.11. The first kappa shape index (κ1) is 22.4. The number of hydrogen-bond acceptors (Lipinski definition) is 5. The maximum Gasteiger partial charge on any atom is 0.309 e. The van der Waals surface area contributed by atoms with Crippen LogP contribution in [0.1, 0.15) is 30.1 Å². The minimum atomic E-state index is -0.313. The molecule has 8 nitrogen and oxygen atoms in total. The van der Waals surface area contributed by atoms with Crippen molar-refractivity contribution in [3.63, 3.8) is 0 Å². The van der Waals surface area contributed by atoms with Crippen molar-refractivity contribution in [2.75, 3.05) is 46.9 Å². The van der Waals surface area contributed by atoms with Crippen molar-refractivity contribution in [3.05, 3.63) is 35.9 Å². The lowest BCUT2D eigenvalue weighted by molar-refractivity contribution is -0.151. The van der Waals surface area contributed by atoms with Gasteiger partial charge in [-0.3, -0.25) is 19.2 Å². The van der Waals surface area contributed by atoms with Crippen LogP contribution in [-0.2, 0) is 19.1 Å². The minimum absolute atomic E-state index is 0.0593. The van der Waals surface area contributed by atoms with Gasteiger partial charge in [0.2, 0.25) is 11.8 Å². The van der Waals surface area contributed by atoms with Crippen LogP contribution in [0.15, 0.2) is 30.3 Å². The third kappa shape index (κ3) is 6.30. The Labute approximate surface area is 171 Å². The van der Waals surface area contributed by atoms with E-state index >= 15 is 0 Å². The summed E-state index contributed by atoms with van der Waals surface area (Å²) in [6, 6.07) is 8.72. The van der Waals surface area contributed by atoms with E-state index in [2.05, 4.69) is 0 Å². The molecular weight excluding hydrogens is 374 g/mol. The molecule has 1 aromatic carbocycles. The average molecular weight is 403 g/mol. The van der Waals surface area contributed by atoms with Gasteiger partial charge < -0.3 is 19.4 Å². The number of likely N-dealkylation sites (tertiary alicyclic amines) is 1. The van der Waals surface area contributed by atoms with Gasteiger partial charge in [0.15, 0.2) is 0 Å². The van der Waals surface area contributed by atoms with Crippen LogP contribution < -0.4 is 0 Å². The summed E-state index contributed by atoms with van der Waals surface area (Å²) in [5, 5.41) is 0. The Bertz CT molecular complexity index is 729. The first-order valence-electron chi connectivity index (χ1n) is 9.82. The van der Waals surface area contributed by atoms with Gasteiger partial charge >= 0.3 is 5.97 Å². The molecule has 8 heteroatoms. The van der Waals surface area contributed by atoms with E-state index in [4.69, 9.17) is 4.74 Å². The molecule has 0 N–H and O–H groups in total. The van der Waals surface area contributed by atoms with Crippen molar-refractivity contribution >= 4 is 23.7 Å². The van der Waals surface area contributed by atoms with Crippen LogP contribution in [0, 0.1) is 5.92 Å². The topological polar surface area (TPSA) is 87.2 Å². The maximum atomic E-state index is 12.5. The Morgan fingerprint density at radius 1 is 1.00 bits per heavy atom. The summed E-state index contributed by atoms with van der Waals surface area (Å²) in [6.45, 7) is 2.90. The van der Waals surface area contributed by atoms with E-state index in [1.165, 1.54) is 9.80 Å². The molecule has 0 saturated carbocycles. The van der Waals surface area contributed by atoms with Crippen molar-refractivity contribution < 1.29 is 23.9 Å². The van der Waals surface area contributed by atoms with Gasteiger partial charge in [-0.15, -0.1) is 0 Å². The van der Waals surface area contributed by atoms with Crippen LogP contribution in [0.3, 0.4) is 0 Å². The van der Waals surface area contributed by atoms with Gasteiger partial charge in [-0.25, -0.2) is 0 Å². The van der Waals surface area contributed by atoms with Crippen LogP contribution in [0.5, 0.6) is 0 Å². The molecule has 0 atom stereocenters. The molecule has 3 amide bonds. The monoisotopic (exact) mass is 403 g/mol. The lowest BCUT2D eigenvalue weighted by Gasteiger charge is -2.32. The van der Waals surface area contributed by atoms with Crippen LogP contribution in [0.25, 0.3) is 0 Å². The molecule has 0 aliphatic carbocycles. The molecule has 1 aromatic rings. The lowest BCUT2D eigenvalue weighted by atomic mass is 9.97. The highest BCUT2D eigenvalue weighted by molar-refractivity contribution is 5.96. The predicted octanol–water partition coefficient (Wildman–Crippen LogP) is 1.02. The van der Waals surface area contributed by atoms with E-state index < -0.39 is 0 Å². The second-order valence-electron chi connectivity index (χ2n) is 7.18. The second kappa shape index (κ2) is 10.6. The molecule has 1 fully saturated rings. The fraction of sp³-hybridized carbons (Fsp3) is 0.524. The summed E-state index contributed by atoms with van der Waals surface area (Å²) < 4.78 is 5.03. The van der Waals surface area contributed by atoms with Crippen LogP contribution in [0.2, 0.25) is 0 Å². The van der Waals surface area contributed by atoms with Gasteiger partial charge in [0.25, 0.3) is 5.91 Å². The Morgan fingerprint density at radius 2 is 1.62 bits per heavy atom. The first-order chi connectivity index (χ1) is 13.8. The zero-order chi connectivity index (χ0) is 21.4. The molecular formula is C21H29N3O5. The molecule has 0 unspecified atom stereocenters. The van der Waals surface area contributed by atoms with E-state index in [1.54, 1.807) is 50.2 Å². The standard InChI is InChI=1S/C21H29N3O5/c1-4-29-21(28)17-10-12-24(13-11-17)19(26)15-22(2)18(25)14-23(3)20(27)16-8-6-5-7-9-16/h5-9,17H,4,10-15H2,1-3H3. The molecule has 1 aliphatic rings. The van der Waals surface area contributed by atoms with Crippen molar-refractivity contribution in [1.29, 1.82) is 0 Å². The zero-order valence-electron chi connectivity index (χ0n) is 17.3. The number of nitrogens with zero attached hydrogens (tertiary/aromatic N) is 3. The SMILES string of the molecule is CCOC(=O)C1CCN(C(=O)CN(C)C(=O)CN(C)C(=O)c2ccccc2)CC1. The largest absolute Gasteiger partial charge is 0.466 e. The normalized spacial score (nSPS) is 14.2. The fourth-order valence-electron chi connectivity index (χ4n) is 3.21. The van der Waals surface area contributed by atoms with Crippen LogP contribution >= 0.6 is 0 Å². The lowest BCUT2D eigenvalue weighted by Crippen LogP contribution is -2.47. The number of likely N-dealkylation sites (N-methyl/N-ethyl adjacent to an activating group) is 2. The van der Waals surface area contributed by atoms with E-state index in [9.17, 15) is 19.2 Å². The Morgan fingerprint density at radius 3 is 2.21 bits per heavy atom. The average Bonchev–Trinajstić information content (AvgIpc) is 2.73. The van der Waals surface area contributed by atoms with Gasteiger partial charge in [-0.1, -0.05) is 18.2 Å². The summed E-state index contributed by atoms with van der Waals surface area (Å²) in [4.78, 5) is 53.4. The van der Waals surface area contributed by atoms with Gasteiger partial charge in [0, 0.05) is 32.7 Å². The summed E-state index contributed by atoms with van der Waals surface area (Å²) in [7, 11) is 3.11. The van der Waals surface area contributed by atoms with E-state index in [1.807, 2.05) is 6.07 Å². The minimum Gasteiger partial charge on any atom is -0.466 e. The molecule has 1 saturated heterocycles. The molecule has 0 spiro atoms. The van der Waals surface area contributed by atoms with Crippen molar-refractivity contribution in [2.45, 2.75) is 19.8 Å². The molecule has 158 valence electrons. The number of esters is 1. The molecule has 1 heterocycles. The van der Waals surface area contributed by atoms with Gasteiger partial charge in [0.1, 0.15) is 0 Å². The summed E-state index contributed by atoms with van der Waals surface area (Å²) in [5.41, 5.74) is 0.506. The summed E-state index contributed by atoms with van der Waals surface area (Å²) in [6.07, 6.45) is 1.13. The Balaban J connectivity index is 1.79. The molecule has 1 aliphatic heterocycles. The highest BCUT2D eigenvalue weighted by atomic mass is 16.5. The van der Waals surface area contributed by atoms with Crippen molar-refractivity contribution in [2.24, 2.45) is 5.92 Å². The Kier molecular flexibility index (Phi) is 8.18. The van der Waals surface area contributed by atoms with Gasteiger partial charge in [-0.2, -0.15) is 0 Å². The fourth-order valence-corrected chi connectivity index (χ4v) is 3.21. The number of rotatable bonds is 7. The number of carbonyl (C=O) groups excluding carboxylic acids is 4. The number of hydrogen-bond donors (Lipinski definition) is 0. The molecule has 2 rings (SSSR count). The molecule has 0 aromatic heterocycles. The molecule has 29 heavy (non-hydrogen) atoms. The first-order valence-corrected chi connectivity index (χ1v) is 9.82. The number of ether oxygens (including phenoxy) is 1. The van der Waals surface area contributed by atoms with Crippen molar-refractivity contribution in [1.82, 2.24) is 14.7 Å². The number of piperidine rings is 1. The van der Waals surface area contributed by atoms with E-state index in [-0.39, 0.29) is 42.7 Å². The van der Waals surface area contributed by atoms with E-state index in [0.717, 1.165) is 0 Å². The van der Waals surface area contributed by atoms with Gasteiger partial charge in [0.05, 0.1) is 25.6 Å². The van der Waals surface area contributed by atoms with Crippen LogP contribution in [0.4, 0.5) is 0 Å². The van der Waals surface area contributed by atoms with Gasteiger partial charge in [-0.05, 0) is 31.9 Å². The quantitative estimate of drug-likeness (QED) is 0.635. The smallest absolute Gasteiger partial charge is 0.309 e. The second-order valence-corrected chi connectivity index (χ2v) is 7.18. The van der Waals surface area contributed by atoms with Crippen molar-refractivity contribution in [3.8, 4) is 0 Å².